The molecule has 1 aliphatic heterocycles. The minimum absolute atomic E-state index is 0. The van der Waals surface area contributed by atoms with Crippen LogP contribution in [0.25, 0.3) is 0 Å². The SMILES string of the molecule is CC(C)C(=O)NCC1CCCNC1.[HH].[U]. The summed E-state index contributed by atoms with van der Waals surface area (Å²) in [4.78, 5) is 11.3. The van der Waals surface area contributed by atoms with Crippen molar-refractivity contribution >= 4 is 5.91 Å². The van der Waals surface area contributed by atoms with Crippen LogP contribution < -0.4 is 10.6 Å². The van der Waals surface area contributed by atoms with Crippen LogP contribution in [0, 0.1) is 42.9 Å². The molecule has 0 saturated carbocycles. The van der Waals surface area contributed by atoms with Crippen LogP contribution in [0.15, 0.2) is 0 Å². The fourth-order valence-electron chi connectivity index (χ4n) is 1.55. The monoisotopic (exact) mass is 424 g/mol. The summed E-state index contributed by atoms with van der Waals surface area (Å²) in [7, 11) is 0. The van der Waals surface area contributed by atoms with Gasteiger partial charge in [0.2, 0.25) is 5.91 Å². The number of carbonyl (C=O) groups excluding carboxylic acids is 1. The Morgan fingerprint density at radius 2 is 2.36 bits per heavy atom. The average molecular weight is 424 g/mol. The van der Waals surface area contributed by atoms with Gasteiger partial charge in [-0.2, -0.15) is 0 Å². The number of amides is 1. The van der Waals surface area contributed by atoms with Gasteiger partial charge in [0.1, 0.15) is 0 Å². The number of hydrogen-bond acceptors (Lipinski definition) is 2. The van der Waals surface area contributed by atoms with Crippen LogP contribution >= 0.6 is 0 Å². The van der Waals surface area contributed by atoms with Crippen molar-refractivity contribution in [3.05, 3.63) is 0 Å². The molecule has 1 atom stereocenters. The fraction of sp³-hybridized carbons (Fsp3) is 0.900. The standard InChI is InChI=1S/C10H20N2O.U.H2/c1-8(2)10(13)12-7-9-4-3-5-11-6-9;;/h8-9,11H,3-7H2,1-2H3,(H,12,13);;1H. The third-order valence-electron chi connectivity index (χ3n) is 2.49. The number of rotatable bonds is 3. The summed E-state index contributed by atoms with van der Waals surface area (Å²) in [5, 5.41) is 6.31. The molecule has 14 heavy (non-hydrogen) atoms. The van der Waals surface area contributed by atoms with E-state index in [4.69, 9.17) is 0 Å². The third kappa shape index (κ3) is 5.38. The summed E-state index contributed by atoms with van der Waals surface area (Å²) in [6.45, 7) is 6.87. The summed E-state index contributed by atoms with van der Waals surface area (Å²) in [5.74, 6) is 0.915. The summed E-state index contributed by atoms with van der Waals surface area (Å²) in [6, 6.07) is 0. The van der Waals surface area contributed by atoms with Gasteiger partial charge in [-0.15, -0.1) is 0 Å². The molecule has 1 unspecified atom stereocenters. The van der Waals surface area contributed by atoms with E-state index < -0.39 is 0 Å². The van der Waals surface area contributed by atoms with E-state index in [-0.39, 0.29) is 44.4 Å². The Morgan fingerprint density at radius 3 is 2.86 bits per heavy atom. The molecule has 0 spiro atoms. The van der Waals surface area contributed by atoms with Gasteiger partial charge in [0.15, 0.2) is 0 Å². The van der Waals surface area contributed by atoms with Crippen LogP contribution in [0.3, 0.4) is 0 Å². The Kier molecular flexibility index (Phi) is 8.00. The first-order chi connectivity index (χ1) is 6.20. The van der Waals surface area contributed by atoms with Gasteiger partial charge < -0.3 is 10.6 Å². The van der Waals surface area contributed by atoms with E-state index in [1.807, 2.05) is 13.8 Å². The summed E-state index contributed by atoms with van der Waals surface area (Å²) in [5.41, 5.74) is 0. The van der Waals surface area contributed by atoms with E-state index in [0.717, 1.165) is 19.6 Å². The number of nitrogens with one attached hydrogen (secondary N) is 2. The maximum absolute atomic E-state index is 11.3. The second-order valence-corrected chi connectivity index (χ2v) is 4.11. The van der Waals surface area contributed by atoms with Crippen molar-refractivity contribution in [1.82, 2.24) is 10.6 Å². The molecule has 1 amide bonds. The molecule has 2 N–H and O–H groups in total. The maximum Gasteiger partial charge on any atom is 0.222 e. The van der Waals surface area contributed by atoms with Crippen LogP contribution in [-0.4, -0.2) is 25.5 Å². The molecule has 1 saturated heterocycles. The topological polar surface area (TPSA) is 41.1 Å². The molecule has 82 valence electrons. The predicted molar refractivity (Wildman–Crippen MR) is 55.6 cm³/mol. The van der Waals surface area contributed by atoms with Crippen LogP contribution in [0.2, 0.25) is 0 Å². The van der Waals surface area contributed by atoms with E-state index in [9.17, 15) is 4.79 Å². The Labute approximate surface area is 112 Å². The van der Waals surface area contributed by atoms with Crippen molar-refractivity contribution in [3.8, 4) is 0 Å². The molecule has 0 aromatic heterocycles. The Balaban J connectivity index is 0. The molecule has 1 rings (SSSR count). The molecule has 0 aromatic carbocycles. The zero-order valence-corrected chi connectivity index (χ0v) is 13.3. The number of hydrogen-bond donors (Lipinski definition) is 2. The van der Waals surface area contributed by atoms with Crippen molar-refractivity contribution in [2.24, 2.45) is 11.8 Å². The average Bonchev–Trinajstić information content (AvgIpc) is 2.15. The molecule has 1 aliphatic rings. The molecule has 3 nitrogen and oxygen atoms in total. The quantitative estimate of drug-likeness (QED) is 0.710. The zero-order valence-electron chi connectivity index (χ0n) is 9.10. The summed E-state index contributed by atoms with van der Waals surface area (Å²) in [6.07, 6.45) is 2.48. The molecule has 1 fully saturated rings. The van der Waals surface area contributed by atoms with Gasteiger partial charge in [0.25, 0.3) is 0 Å². The molecule has 0 radical (unpaired) electrons. The maximum atomic E-state index is 11.3. The van der Waals surface area contributed by atoms with Crippen LogP contribution in [-0.2, 0) is 4.79 Å². The first kappa shape index (κ1) is 14.5. The summed E-state index contributed by atoms with van der Waals surface area (Å²) < 4.78 is 0. The Hall–Kier alpha value is 0.482. The van der Waals surface area contributed by atoms with E-state index in [2.05, 4.69) is 10.6 Å². The van der Waals surface area contributed by atoms with Crippen LogP contribution in [0.4, 0.5) is 0 Å². The van der Waals surface area contributed by atoms with Gasteiger partial charge in [-0.05, 0) is 31.8 Å². The zero-order chi connectivity index (χ0) is 9.68. The van der Waals surface area contributed by atoms with Gasteiger partial charge >= 0.3 is 0 Å². The van der Waals surface area contributed by atoms with Crippen molar-refractivity contribution in [2.45, 2.75) is 26.7 Å². The van der Waals surface area contributed by atoms with Gasteiger partial charge in [-0.25, -0.2) is 0 Å². The Morgan fingerprint density at radius 1 is 1.64 bits per heavy atom. The van der Waals surface area contributed by atoms with Crippen molar-refractivity contribution in [1.29, 1.82) is 0 Å². The molecular weight excluding hydrogens is 402 g/mol. The molecule has 0 bridgehead atoms. The Bertz CT molecular complexity index is 173. The molecule has 1 heterocycles. The fourth-order valence-corrected chi connectivity index (χ4v) is 1.55. The third-order valence-corrected chi connectivity index (χ3v) is 2.49. The largest absolute Gasteiger partial charge is 0.356 e. The minimum Gasteiger partial charge on any atom is -0.356 e. The van der Waals surface area contributed by atoms with Gasteiger partial charge in [0, 0.05) is 45.0 Å². The second-order valence-electron chi connectivity index (χ2n) is 4.11. The number of piperidine rings is 1. The van der Waals surface area contributed by atoms with Crippen LogP contribution in [0.5, 0.6) is 0 Å². The van der Waals surface area contributed by atoms with Crippen molar-refractivity contribution < 1.29 is 37.3 Å². The molecule has 0 aromatic rings. The first-order valence-corrected chi connectivity index (χ1v) is 5.18. The molecule has 0 aliphatic carbocycles. The smallest absolute Gasteiger partial charge is 0.222 e. The van der Waals surface area contributed by atoms with E-state index in [1.165, 1.54) is 12.8 Å². The minimum atomic E-state index is 0. The second kappa shape index (κ2) is 7.73. The van der Waals surface area contributed by atoms with Crippen LogP contribution in [0.1, 0.15) is 28.1 Å². The molecular formula is C10H22N2OU. The van der Waals surface area contributed by atoms with Crippen molar-refractivity contribution in [2.75, 3.05) is 19.6 Å². The predicted octanol–water partition coefficient (Wildman–Crippen LogP) is 1.00. The van der Waals surface area contributed by atoms with E-state index >= 15 is 0 Å². The van der Waals surface area contributed by atoms with E-state index in [1.54, 1.807) is 0 Å². The normalized spacial score (nSPS) is 21.5. The first-order valence-electron chi connectivity index (χ1n) is 5.18. The van der Waals surface area contributed by atoms with Gasteiger partial charge in [0.05, 0.1) is 0 Å². The number of carbonyl (C=O) groups is 1. The van der Waals surface area contributed by atoms with Gasteiger partial charge in [-0.1, -0.05) is 13.8 Å². The van der Waals surface area contributed by atoms with Gasteiger partial charge in [-0.3, -0.25) is 4.79 Å². The van der Waals surface area contributed by atoms with Crippen molar-refractivity contribution in [3.63, 3.8) is 0 Å². The van der Waals surface area contributed by atoms with E-state index in [0.29, 0.717) is 5.92 Å². The summed E-state index contributed by atoms with van der Waals surface area (Å²) >= 11 is 0. The molecule has 4 heteroatoms.